The largest absolute Gasteiger partial charge is 0.356 e. The van der Waals surface area contributed by atoms with Crippen LogP contribution in [0.1, 0.15) is 26.7 Å². The normalized spacial score (nSPS) is 9.73. The van der Waals surface area contributed by atoms with E-state index in [1.54, 1.807) is 0 Å². The highest BCUT2D eigenvalue weighted by Crippen LogP contribution is 1.80. The second kappa shape index (κ2) is 9.45. The van der Waals surface area contributed by atoms with Crippen molar-refractivity contribution in [1.82, 2.24) is 16.0 Å². The molecule has 88 valence electrons. The van der Waals surface area contributed by atoms with E-state index < -0.39 is 0 Å². The summed E-state index contributed by atoms with van der Waals surface area (Å²) in [5.41, 5.74) is 0. The zero-order chi connectivity index (χ0) is 11.5. The van der Waals surface area contributed by atoms with E-state index in [2.05, 4.69) is 16.0 Å². The van der Waals surface area contributed by atoms with Gasteiger partial charge in [0.1, 0.15) is 0 Å². The molecule has 3 N–H and O–H groups in total. The molecule has 0 fully saturated rings. The van der Waals surface area contributed by atoms with Gasteiger partial charge in [0.15, 0.2) is 0 Å². The van der Waals surface area contributed by atoms with Crippen LogP contribution < -0.4 is 16.0 Å². The van der Waals surface area contributed by atoms with E-state index in [4.69, 9.17) is 0 Å². The fraction of sp³-hybridized carbons (Fsp3) is 0.800. The number of nitrogens with one attached hydrogen (secondary N) is 3. The molecular weight excluding hydrogens is 194 g/mol. The number of carbonyl (C=O) groups is 2. The van der Waals surface area contributed by atoms with Gasteiger partial charge in [0, 0.05) is 32.5 Å². The van der Waals surface area contributed by atoms with Crippen molar-refractivity contribution in [1.29, 1.82) is 0 Å². The van der Waals surface area contributed by atoms with Gasteiger partial charge >= 0.3 is 0 Å². The molecule has 0 radical (unpaired) electrons. The van der Waals surface area contributed by atoms with E-state index >= 15 is 0 Å². The predicted octanol–water partition coefficient (Wildman–Crippen LogP) is -0.372. The number of amides is 2. The lowest BCUT2D eigenvalue weighted by Gasteiger charge is -2.05. The Kier molecular flexibility index (Phi) is 8.76. The van der Waals surface area contributed by atoms with E-state index in [-0.39, 0.29) is 11.8 Å². The molecule has 0 heterocycles. The van der Waals surface area contributed by atoms with Crippen molar-refractivity contribution >= 4 is 11.8 Å². The molecule has 5 heteroatoms. The first kappa shape index (κ1) is 13.9. The van der Waals surface area contributed by atoms with Crippen molar-refractivity contribution in [3.8, 4) is 0 Å². The molecule has 0 aliphatic rings. The Morgan fingerprint density at radius 3 is 2.07 bits per heavy atom. The summed E-state index contributed by atoms with van der Waals surface area (Å²) in [7, 11) is 0. The van der Waals surface area contributed by atoms with Crippen molar-refractivity contribution in [2.75, 3.05) is 26.2 Å². The average Bonchev–Trinajstić information content (AvgIpc) is 2.18. The molecule has 0 spiro atoms. The maximum Gasteiger partial charge on any atom is 0.221 e. The van der Waals surface area contributed by atoms with Crippen molar-refractivity contribution in [3.63, 3.8) is 0 Å². The van der Waals surface area contributed by atoms with Crippen LogP contribution in [-0.2, 0) is 9.59 Å². The quantitative estimate of drug-likeness (QED) is 0.484. The third kappa shape index (κ3) is 9.21. The molecule has 0 rings (SSSR count). The third-order valence-corrected chi connectivity index (χ3v) is 1.83. The zero-order valence-electron chi connectivity index (χ0n) is 9.56. The van der Waals surface area contributed by atoms with Crippen molar-refractivity contribution in [3.05, 3.63) is 0 Å². The summed E-state index contributed by atoms with van der Waals surface area (Å²) < 4.78 is 0. The van der Waals surface area contributed by atoms with Gasteiger partial charge in [0.25, 0.3) is 0 Å². The standard InChI is InChI=1S/C10H21N3O2/c1-3-11-7-5-10(15)13-8-6-9(14)12-4-2/h11H,3-8H2,1-2H3,(H,12,14)(H,13,15). The van der Waals surface area contributed by atoms with Crippen LogP contribution >= 0.6 is 0 Å². The minimum absolute atomic E-state index is 0.0137. The van der Waals surface area contributed by atoms with Crippen LogP contribution in [0.3, 0.4) is 0 Å². The first-order valence-electron chi connectivity index (χ1n) is 5.44. The fourth-order valence-corrected chi connectivity index (χ4v) is 1.07. The van der Waals surface area contributed by atoms with E-state index in [1.807, 2.05) is 13.8 Å². The Hall–Kier alpha value is -1.10. The molecule has 0 aromatic carbocycles. The van der Waals surface area contributed by atoms with E-state index in [0.29, 0.717) is 32.5 Å². The first-order valence-corrected chi connectivity index (χ1v) is 5.44. The van der Waals surface area contributed by atoms with Gasteiger partial charge in [-0.1, -0.05) is 6.92 Å². The van der Waals surface area contributed by atoms with E-state index in [9.17, 15) is 9.59 Å². The van der Waals surface area contributed by atoms with Gasteiger partial charge in [-0.25, -0.2) is 0 Å². The van der Waals surface area contributed by atoms with Crippen molar-refractivity contribution in [2.45, 2.75) is 26.7 Å². The molecule has 0 saturated heterocycles. The summed E-state index contributed by atoms with van der Waals surface area (Å²) in [4.78, 5) is 22.2. The summed E-state index contributed by atoms with van der Waals surface area (Å²) in [6.07, 6.45) is 0.810. The predicted molar refractivity (Wildman–Crippen MR) is 59.5 cm³/mol. The smallest absolute Gasteiger partial charge is 0.221 e. The molecule has 0 aliphatic heterocycles. The molecule has 0 unspecified atom stereocenters. The molecule has 0 aliphatic carbocycles. The van der Waals surface area contributed by atoms with Crippen molar-refractivity contribution in [2.24, 2.45) is 0 Å². The van der Waals surface area contributed by atoms with Gasteiger partial charge in [-0.15, -0.1) is 0 Å². The third-order valence-electron chi connectivity index (χ3n) is 1.83. The van der Waals surface area contributed by atoms with Crippen LogP contribution in [0.2, 0.25) is 0 Å². The van der Waals surface area contributed by atoms with Crippen molar-refractivity contribution < 1.29 is 9.59 Å². The lowest BCUT2D eigenvalue weighted by molar-refractivity contribution is -0.122. The Morgan fingerprint density at radius 1 is 0.867 bits per heavy atom. The lowest BCUT2D eigenvalue weighted by atomic mass is 10.3. The van der Waals surface area contributed by atoms with Gasteiger partial charge < -0.3 is 16.0 Å². The number of carbonyl (C=O) groups excluding carboxylic acids is 2. The highest BCUT2D eigenvalue weighted by atomic mass is 16.2. The highest BCUT2D eigenvalue weighted by Gasteiger charge is 2.02. The number of hydrogen-bond donors (Lipinski definition) is 3. The molecule has 0 saturated carbocycles. The maximum absolute atomic E-state index is 11.2. The van der Waals surface area contributed by atoms with Gasteiger partial charge in [0.05, 0.1) is 0 Å². The SMILES string of the molecule is CCNCCC(=O)NCCC(=O)NCC. The fourth-order valence-electron chi connectivity index (χ4n) is 1.07. The van der Waals surface area contributed by atoms with Crippen LogP contribution in [0.15, 0.2) is 0 Å². The van der Waals surface area contributed by atoms with Crippen LogP contribution in [0.5, 0.6) is 0 Å². The summed E-state index contributed by atoms with van der Waals surface area (Å²) >= 11 is 0. The molecule has 2 amide bonds. The minimum atomic E-state index is -0.0236. The van der Waals surface area contributed by atoms with E-state index in [1.165, 1.54) is 0 Å². The topological polar surface area (TPSA) is 70.2 Å². The molecule has 0 bridgehead atoms. The lowest BCUT2D eigenvalue weighted by Crippen LogP contribution is -2.32. The van der Waals surface area contributed by atoms with Crippen LogP contribution in [0, 0.1) is 0 Å². The summed E-state index contributed by atoms with van der Waals surface area (Å²) in [6, 6.07) is 0. The molecule has 15 heavy (non-hydrogen) atoms. The van der Waals surface area contributed by atoms with Gasteiger partial charge in [-0.05, 0) is 13.5 Å². The second-order valence-corrected chi connectivity index (χ2v) is 3.16. The Morgan fingerprint density at radius 2 is 1.47 bits per heavy atom. The molecule has 0 aromatic rings. The van der Waals surface area contributed by atoms with Crippen LogP contribution in [-0.4, -0.2) is 38.0 Å². The number of hydrogen-bond acceptors (Lipinski definition) is 3. The Balaban J connectivity index is 3.34. The second-order valence-electron chi connectivity index (χ2n) is 3.16. The molecule has 0 atom stereocenters. The average molecular weight is 215 g/mol. The van der Waals surface area contributed by atoms with E-state index in [0.717, 1.165) is 6.54 Å². The van der Waals surface area contributed by atoms with Gasteiger partial charge in [-0.2, -0.15) is 0 Å². The highest BCUT2D eigenvalue weighted by molar-refractivity contribution is 5.78. The maximum atomic E-state index is 11.2. The first-order chi connectivity index (χ1) is 7.20. The Labute approximate surface area is 91.0 Å². The molecule has 5 nitrogen and oxygen atoms in total. The minimum Gasteiger partial charge on any atom is -0.356 e. The molecule has 0 aromatic heterocycles. The molecular formula is C10H21N3O2. The van der Waals surface area contributed by atoms with Gasteiger partial charge in [0.2, 0.25) is 11.8 Å². The van der Waals surface area contributed by atoms with Crippen LogP contribution in [0.25, 0.3) is 0 Å². The Bertz CT molecular complexity index is 195. The zero-order valence-corrected chi connectivity index (χ0v) is 9.56. The van der Waals surface area contributed by atoms with Gasteiger partial charge in [-0.3, -0.25) is 9.59 Å². The summed E-state index contributed by atoms with van der Waals surface area (Å²) in [5, 5.41) is 8.42. The summed E-state index contributed by atoms with van der Waals surface area (Å²) in [5.74, 6) is -0.0373. The number of rotatable bonds is 8. The summed E-state index contributed by atoms with van der Waals surface area (Å²) in [6.45, 7) is 6.46. The monoisotopic (exact) mass is 215 g/mol. The van der Waals surface area contributed by atoms with Crippen LogP contribution in [0.4, 0.5) is 0 Å².